The maximum Gasteiger partial charge on any atom is 0.343 e. The summed E-state index contributed by atoms with van der Waals surface area (Å²) >= 11 is 0. The van der Waals surface area contributed by atoms with Gasteiger partial charge in [0.25, 0.3) is 6.43 Å². The Balaban J connectivity index is 3.43. The van der Waals surface area contributed by atoms with Crippen LogP contribution in [0.2, 0.25) is 0 Å². The molecule has 0 amide bonds. The average Bonchev–Trinajstić information content (AvgIpc) is 2.36. The zero-order valence-corrected chi connectivity index (χ0v) is 9.74. The van der Waals surface area contributed by atoms with Gasteiger partial charge in [0, 0.05) is 6.20 Å². The highest BCUT2D eigenvalue weighted by Crippen LogP contribution is 2.34. The normalized spacial score (nSPS) is 10.0. The summed E-state index contributed by atoms with van der Waals surface area (Å²) in [7, 11) is 1.13. The Bertz CT molecular complexity index is 498. The summed E-state index contributed by atoms with van der Waals surface area (Å²) in [6.07, 6.45) is -1.99. The van der Waals surface area contributed by atoms with Gasteiger partial charge < -0.3 is 9.47 Å². The molecule has 18 heavy (non-hydrogen) atoms. The van der Waals surface area contributed by atoms with Crippen molar-refractivity contribution in [3.05, 3.63) is 23.0 Å². The second kappa shape index (κ2) is 5.91. The molecule has 0 saturated carbocycles. The molecule has 0 spiro atoms. The number of nitrogens with zero attached hydrogens (tertiary/aromatic N) is 2. The lowest BCUT2D eigenvalue weighted by Crippen LogP contribution is -2.11. The Labute approximate surface area is 102 Å². The van der Waals surface area contributed by atoms with E-state index in [1.54, 1.807) is 6.92 Å². The summed E-state index contributed by atoms with van der Waals surface area (Å²) in [5, 5.41) is 8.70. The second-order valence-electron chi connectivity index (χ2n) is 3.10. The maximum absolute atomic E-state index is 12.9. The number of hydrogen-bond acceptors (Lipinski definition) is 5. The van der Waals surface area contributed by atoms with Crippen LogP contribution in [0.25, 0.3) is 0 Å². The number of pyridine rings is 1. The summed E-state index contributed by atoms with van der Waals surface area (Å²) in [6.45, 7) is 1.67. The smallest absolute Gasteiger partial charge is 0.343 e. The molecule has 1 aromatic heterocycles. The number of carbonyl (C=O) groups is 1. The van der Waals surface area contributed by atoms with E-state index in [9.17, 15) is 13.6 Å². The van der Waals surface area contributed by atoms with Gasteiger partial charge in [-0.2, -0.15) is 5.26 Å². The topological polar surface area (TPSA) is 72.2 Å². The van der Waals surface area contributed by atoms with Gasteiger partial charge in [0.1, 0.15) is 17.4 Å². The highest BCUT2D eigenvalue weighted by atomic mass is 19.3. The van der Waals surface area contributed by atoms with E-state index >= 15 is 0 Å². The summed E-state index contributed by atoms with van der Waals surface area (Å²) in [5.74, 6) is -1.21. The van der Waals surface area contributed by atoms with Crippen molar-refractivity contribution >= 4 is 5.97 Å². The third kappa shape index (κ3) is 2.53. The Kier molecular flexibility index (Phi) is 4.54. The molecular weight excluding hydrogens is 246 g/mol. The van der Waals surface area contributed by atoms with Crippen molar-refractivity contribution in [1.29, 1.82) is 5.26 Å². The number of alkyl halides is 2. The van der Waals surface area contributed by atoms with Gasteiger partial charge in [-0.05, 0) is 6.92 Å². The molecule has 0 aliphatic carbocycles. The van der Waals surface area contributed by atoms with Crippen molar-refractivity contribution in [3.63, 3.8) is 0 Å². The number of ether oxygens (including phenoxy) is 2. The van der Waals surface area contributed by atoms with Crippen molar-refractivity contribution < 1.29 is 23.0 Å². The van der Waals surface area contributed by atoms with Gasteiger partial charge in [0.15, 0.2) is 5.69 Å². The van der Waals surface area contributed by atoms with Gasteiger partial charge in [-0.25, -0.2) is 18.6 Å². The van der Waals surface area contributed by atoms with Crippen LogP contribution in [0.4, 0.5) is 8.78 Å². The molecule has 96 valence electrons. The van der Waals surface area contributed by atoms with E-state index in [0.29, 0.717) is 0 Å². The SMILES string of the molecule is CCOC(=O)c1cnc(C#N)c(C(F)F)c1OC. The number of hydrogen-bond donors (Lipinski definition) is 0. The lowest BCUT2D eigenvalue weighted by Gasteiger charge is -2.12. The minimum atomic E-state index is -2.98. The van der Waals surface area contributed by atoms with E-state index in [-0.39, 0.29) is 17.9 Å². The molecule has 0 unspecified atom stereocenters. The molecular formula is C11H10F2N2O3. The first-order valence-corrected chi connectivity index (χ1v) is 4.99. The molecule has 1 aromatic rings. The molecule has 0 saturated heterocycles. The third-order valence-corrected chi connectivity index (χ3v) is 2.09. The molecule has 0 radical (unpaired) electrons. The molecule has 0 bridgehead atoms. The fourth-order valence-corrected chi connectivity index (χ4v) is 1.38. The molecule has 0 aliphatic heterocycles. The van der Waals surface area contributed by atoms with E-state index in [1.165, 1.54) is 6.07 Å². The van der Waals surface area contributed by atoms with Crippen molar-refractivity contribution in [3.8, 4) is 11.8 Å². The molecule has 1 heterocycles. The van der Waals surface area contributed by atoms with Crippen LogP contribution in [0.5, 0.6) is 5.75 Å². The summed E-state index contributed by atoms with van der Waals surface area (Å²) in [5.41, 5.74) is -1.41. The highest BCUT2D eigenvalue weighted by Gasteiger charge is 2.26. The predicted molar refractivity (Wildman–Crippen MR) is 56.4 cm³/mol. The van der Waals surface area contributed by atoms with Crippen LogP contribution < -0.4 is 4.74 Å². The fourth-order valence-electron chi connectivity index (χ4n) is 1.38. The van der Waals surface area contributed by atoms with E-state index in [1.807, 2.05) is 0 Å². The van der Waals surface area contributed by atoms with E-state index in [0.717, 1.165) is 13.3 Å². The maximum atomic E-state index is 12.9. The number of carbonyl (C=O) groups excluding carboxylic acids is 1. The van der Waals surface area contributed by atoms with Crippen LogP contribution >= 0.6 is 0 Å². The molecule has 0 N–H and O–H groups in total. The van der Waals surface area contributed by atoms with Crippen LogP contribution in [0.3, 0.4) is 0 Å². The largest absolute Gasteiger partial charge is 0.495 e. The lowest BCUT2D eigenvalue weighted by molar-refractivity contribution is 0.0521. The number of halogens is 2. The van der Waals surface area contributed by atoms with Gasteiger partial charge in [-0.1, -0.05) is 0 Å². The quantitative estimate of drug-likeness (QED) is 0.771. The van der Waals surface area contributed by atoms with Gasteiger partial charge in [0.05, 0.1) is 19.3 Å². The van der Waals surface area contributed by atoms with Crippen LogP contribution in [0.15, 0.2) is 6.20 Å². The standard InChI is InChI=1S/C11H10F2N2O3/c1-3-18-11(16)6-5-15-7(4-14)8(10(12)13)9(6)17-2/h5,10H,3H2,1-2H3. The Morgan fingerprint density at radius 3 is 2.72 bits per heavy atom. The molecule has 1 rings (SSSR count). The monoisotopic (exact) mass is 256 g/mol. The van der Waals surface area contributed by atoms with Crippen LogP contribution in [-0.4, -0.2) is 24.7 Å². The molecule has 0 aromatic carbocycles. The first-order chi connectivity index (χ1) is 8.56. The summed E-state index contributed by atoms with van der Waals surface area (Å²) in [4.78, 5) is 15.0. The zero-order chi connectivity index (χ0) is 13.7. The lowest BCUT2D eigenvalue weighted by atomic mass is 10.1. The van der Waals surface area contributed by atoms with Gasteiger partial charge in [0.2, 0.25) is 0 Å². The van der Waals surface area contributed by atoms with E-state index in [2.05, 4.69) is 4.98 Å². The predicted octanol–water partition coefficient (Wildman–Crippen LogP) is 2.08. The minimum Gasteiger partial charge on any atom is -0.495 e. The van der Waals surface area contributed by atoms with Crippen molar-refractivity contribution in [1.82, 2.24) is 4.98 Å². The Hall–Kier alpha value is -2.23. The van der Waals surface area contributed by atoms with Gasteiger partial charge in [-0.3, -0.25) is 0 Å². The van der Waals surface area contributed by atoms with Crippen molar-refractivity contribution in [2.24, 2.45) is 0 Å². The Morgan fingerprint density at radius 1 is 1.61 bits per heavy atom. The second-order valence-corrected chi connectivity index (χ2v) is 3.10. The zero-order valence-electron chi connectivity index (χ0n) is 9.74. The molecule has 0 atom stereocenters. The first-order valence-electron chi connectivity index (χ1n) is 4.99. The number of aromatic nitrogens is 1. The minimum absolute atomic E-state index is 0.0893. The number of methoxy groups -OCH3 is 1. The molecule has 7 heteroatoms. The molecule has 0 aliphatic rings. The first kappa shape index (κ1) is 13.8. The number of nitriles is 1. The van der Waals surface area contributed by atoms with Crippen LogP contribution in [0.1, 0.15) is 35.0 Å². The van der Waals surface area contributed by atoms with Crippen molar-refractivity contribution in [2.75, 3.05) is 13.7 Å². The third-order valence-electron chi connectivity index (χ3n) is 2.09. The Morgan fingerprint density at radius 2 is 2.28 bits per heavy atom. The highest BCUT2D eigenvalue weighted by molar-refractivity contribution is 5.93. The molecule has 5 nitrogen and oxygen atoms in total. The van der Waals surface area contributed by atoms with Gasteiger partial charge >= 0.3 is 5.97 Å². The summed E-state index contributed by atoms with van der Waals surface area (Å²) in [6, 6.07) is 1.53. The number of rotatable bonds is 4. The summed E-state index contributed by atoms with van der Waals surface area (Å²) < 4.78 is 35.2. The average molecular weight is 256 g/mol. The number of esters is 1. The van der Waals surface area contributed by atoms with E-state index < -0.39 is 23.7 Å². The van der Waals surface area contributed by atoms with Crippen LogP contribution in [-0.2, 0) is 4.74 Å². The van der Waals surface area contributed by atoms with Crippen molar-refractivity contribution in [2.45, 2.75) is 13.3 Å². The van der Waals surface area contributed by atoms with Crippen LogP contribution in [0, 0.1) is 11.3 Å². The fraction of sp³-hybridized carbons (Fsp3) is 0.364. The van der Waals surface area contributed by atoms with Gasteiger partial charge in [-0.15, -0.1) is 0 Å². The molecule has 0 fully saturated rings. The van der Waals surface area contributed by atoms with E-state index in [4.69, 9.17) is 14.7 Å².